The first-order chi connectivity index (χ1) is 9.88. The molecule has 1 aliphatic rings. The number of anilines is 1. The highest BCUT2D eigenvalue weighted by atomic mass is 32.1. The van der Waals surface area contributed by atoms with Crippen LogP contribution in [-0.2, 0) is 6.42 Å². The van der Waals surface area contributed by atoms with Crippen molar-refractivity contribution in [2.24, 2.45) is 0 Å². The Morgan fingerprint density at radius 1 is 1.25 bits per heavy atom. The summed E-state index contributed by atoms with van der Waals surface area (Å²) in [5, 5.41) is 4.24. The van der Waals surface area contributed by atoms with Crippen molar-refractivity contribution in [2.45, 2.75) is 25.2 Å². The number of aromatic nitrogens is 4. The molecule has 0 amide bonds. The molecule has 0 bridgehead atoms. The Labute approximate surface area is 120 Å². The average Bonchev–Trinajstić information content (AvgIpc) is 3.06. The van der Waals surface area contributed by atoms with E-state index in [4.69, 9.17) is 0 Å². The normalized spacial score (nSPS) is 14.8. The van der Waals surface area contributed by atoms with Gasteiger partial charge in [-0.15, -0.1) is 0 Å². The first-order valence-electron chi connectivity index (χ1n) is 6.89. The van der Waals surface area contributed by atoms with Crippen molar-refractivity contribution in [3.05, 3.63) is 35.9 Å². The average molecular weight is 285 g/mol. The van der Waals surface area contributed by atoms with Crippen molar-refractivity contribution in [1.29, 1.82) is 0 Å². The van der Waals surface area contributed by atoms with Gasteiger partial charge in [0.15, 0.2) is 0 Å². The van der Waals surface area contributed by atoms with E-state index in [0.717, 1.165) is 40.8 Å². The van der Waals surface area contributed by atoms with Crippen LogP contribution in [0.25, 0.3) is 11.0 Å². The fourth-order valence-electron chi connectivity index (χ4n) is 2.23. The molecule has 0 atom stereocenters. The van der Waals surface area contributed by atoms with Gasteiger partial charge >= 0.3 is 0 Å². The molecule has 0 spiro atoms. The molecule has 102 valence electrons. The van der Waals surface area contributed by atoms with Gasteiger partial charge in [0.25, 0.3) is 0 Å². The van der Waals surface area contributed by atoms with Crippen LogP contribution in [0.3, 0.4) is 0 Å². The minimum atomic E-state index is 0.622. The minimum absolute atomic E-state index is 0.622. The number of rotatable bonds is 5. The molecule has 1 fully saturated rings. The third-order valence-electron chi connectivity index (χ3n) is 3.46. The minimum Gasteiger partial charge on any atom is -0.360 e. The lowest BCUT2D eigenvalue weighted by atomic mass is 10.3. The monoisotopic (exact) mass is 285 g/mol. The third kappa shape index (κ3) is 2.38. The summed E-state index contributed by atoms with van der Waals surface area (Å²) in [4.78, 5) is 12.4. The molecule has 20 heavy (non-hydrogen) atoms. The Kier molecular flexibility index (Phi) is 2.88. The van der Waals surface area contributed by atoms with Crippen LogP contribution in [0.4, 0.5) is 5.13 Å². The van der Waals surface area contributed by atoms with E-state index in [1.165, 1.54) is 24.4 Å². The van der Waals surface area contributed by atoms with E-state index < -0.39 is 0 Å². The Bertz CT molecular complexity index is 695. The lowest BCUT2D eigenvalue weighted by Crippen LogP contribution is -2.05. The fourth-order valence-corrected chi connectivity index (χ4v) is 2.90. The van der Waals surface area contributed by atoms with Crippen LogP contribution < -0.4 is 5.32 Å². The maximum atomic E-state index is 4.56. The quantitative estimate of drug-likeness (QED) is 0.756. The molecule has 1 saturated carbocycles. The van der Waals surface area contributed by atoms with Gasteiger partial charge in [0.2, 0.25) is 5.13 Å². The number of hydrogen-bond donors (Lipinski definition) is 2. The fraction of sp³-hybridized carbons (Fsp3) is 0.357. The molecule has 0 saturated heterocycles. The van der Waals surface area contributed by atoms with Crippen LogP contribution in [0.2, 0.25) is 0 Å². The zero-order valence-corrected chi connectivity index (χ0v) is 11.8. The Hall–Kier alpha value is -1.95. The second-order valence-electron chi connectivity index (χ2n) is 5.11. The van der Waals surface area contributed by atoms with Gasteiger partial charge in [0.1, 0.15) is 11.6 Å². The topological polar surface area (TPSA) is 66.5 Å². The number of benzene rings is 1. The molecule has 0 radical (unpaired) electrons. The Morgan fingerprint density at radius 3 is 3.00 bits per heavy atom. The van der Waals surface area contributed by atoms with E-state index in [1.54, 1.807) is 0 Å². The second kappa shape index (κ2) is 4.86. The number of nitrogens with zero attached hydrogens (tertiary/aromatic N) is 3. The van der Waals surface area contributed by atoms with Gasteiger partial charge < -0.3 is 10.3 Å². The Balaban J connectivity index is 1.37. The summed E-state index contributed by atoms with van der Waals surface area (Å²) >= 11 is 1.46. The number of hydrogen-bond acceptors (Lipinski definition) is 5. The zero-order chi connectivity index (χ0) is 13.4. The highest BCUT2D eigenvalue weighted by Crippen LogP contribution is 2.39. The highest BCUT2D eigenvalue weighted by molar-refractivity contribution is 7.09. The summed E-state index contributed by atoms with van der Waals surface area (Å²) in [6.45, 7) is 0.819. The van der Waals surface area contributed by atoms with E-state index in [0.29, 0.717) is 5.92 Å². The van der Waals surface area contributed by atoms with E-state index in [9.17, 15) is 0 Å². The zero-order valence-electron chi connectivity index (χ0n) is 11.0. The van der Waals surface area contributed by atoms with Crippen LogP contribution in [0.1, 0.15) is 30.4 Å². The molecule has 2 N–H and O–H groups in total. The van der Waals surface area contributed by atoms with E-state index in [1.807, 2.05) is 24.3 Å². The summed E-state index contributed by atoms with van der Waals surface area (Å²) in [7, 11) is 0. The van der Waals surface area contributed by atoms with Gasteiger partial charge in [-0.3, -0.25) is 0 Å². The predicted octanol–water partition coefficient (Wildman–Crippen LogP) is 2.95. The molecular weight excluding hydrogens is 270 g/mol. The van der Waals surface area contributed by atoms with E-state index >= 15 is 0 Å². The van der Waals surface area contributed by atoms with Crippen molar-refractivity contribution >= 4 is 27.7 Å². The maximum Gasteiger partial charge on any atom is 0.202 e. The molecule has 4 rings (SSSR count). The largest absolute Gasteiger partial charge is 0.360 e. The van der Waals surface area contributed by atoms with Crippen molar-refractivity contribution in [3.63, 3.8) is 0 Å². The van der Waals surface area contributed by atoms with Gasteiger partial charge in [-0.1, -0.05) is 12.1 Å². The standard InChI is InChI=1S/C14H15N5S/c1-2-4-11-10(3-1)16-12(17-11)7-8-15-14-18-13(19-20-14)9-5-6-9/h1-4,9H,5-8H2,(H,16,17)(H,15,18,19). The van der Waals surface area contributed by atoms with Crippen LogP contribution in [-0.4, -0.2) is 25.9 Å². The summed E-state index contributed by atoms with van der Waals surface area (Å²) in [6, 6.07) is 8.09. The Morgan fingerprint density at radius 2 is 2.15 bits per heavy atom. The molecule has 1 aliphatic carbocycles. The van der Waals surface area contributed by atoms with Crippen molar-refractivity contribution in [2.75, 3.05) is 11.9 Å². The first-order valence-corrected chi connectivity index (χ1v) is 7.67. The molecule has 2 aromatic heterocycles. The smallest absolute Gasteiger partial charge is 0.202 e. The molecule has 3 aromatic rings. The molecule has 0 aliphatic heterocycles. The van der Waals surface area contributed by atoms with E-state index in [2.05, 4.69) is 24.6 Å². The summed E-state index contributed by atoms with van der Waals surface area (Å²) in [5.74, 6) is 2.64. The summed E-state index contributed by atoms with van der Waals surface area (Å²) in [6.07, 6.45) is 3.34. The van der Waals surface area contributed by atoms with Crippen LogP contribution >= 0.6 is 11.5 Å². The van der Waals surface area contributed by atoms with Crippen molar-refractivity contribution in [3.8, 4) is 0 Å². The second-order valence-corrected chi connectivity index (χ2v) is 5.86. The number of aromatic amines is 1. The molecule has 5 nitrogen and oxygen atoms in total. The molecular formula is C14H15N5S. The molecule has 0 unspecified atom stereocenters. The van der Waals surface area contributed by atoms with Gasteiger partial charge in [-0.25, -0.2) is 9.97 Å². The third-order valence-corrected chi connectivity index (χ3v) is 4.15. The predicted molar refractivity (Wildman–Crippen MR) is 80.2 cm³/mol. The number of imidazole rings is 1. The lowest BCUT2D eigenvalue weighted by Gasteiger charge is -1.98. The summed E-state index contributed by atoms with van der Waals surface area (Å²) < 4.78 is 4.38. The number of fused-ring (bicyclic) bond motifs is 1. The number of H-pyrrole nitrogens is 1. The van der Waals surface area contributed by atoms with Gasteiger partial charge in [0.05, 0.1) is 11.0 Å². The molecule has 2 heterocycles. The van der Waals surface area contributed by atoms with Gasteiger partial charge in [0, 0.05) is 30.4 Å². The highest BCUT2D eigenvalue weighted by Gasteiger charge is 2.27. The van der Waals surface area contributed by atoms with Crippen molar-refractivity contribution in [1.82, 2.24) is 19.3 Å². The summed E-state index contributed by atoms with van der Waals surface area (Å²) in [5.41, 5.74) is 2.11. The molecule has 6 heteroatoms. The number of para-hydroxylation sites is 2. The van der Waals surface area contributed by atoms with Crippen LogP contribution in [0.5, 0.6) is 0 Å². The van der Waals surface area contributed by atoms with Crippen molar-refractivity contribution < 1.29 is 0 Å². The SMILES string of the molecule is c1ccc2[nH]c(CCNc3nc(C4CC4)ns3)nc2c1. The number of nitrogens with one attached hydrogen (secondary N) is 2. The van der Waals surface area contributed by atoms with Crippen LogP contribution in [0.15, 0.2) is 24.3 Å². The maximum absolute atomic E-state index is 4.56. The van der Waals surface area contributed by atoms with Gasteiger partial charge in [-0.05, 0) is 25.0 Å². The lowest BCUT2D eigenvalue weighted by molar-refractivity contribution is 0.925. The van der Waals surface area contributed by atoms with Crippen LogP contribution in [0, 0.1) is 0 Å². The molecule has 1 aromatic carbocycles. The van der Waals surface area contributed by atoms with Gasteiger partial charge in [-0.2, -0.15) is 4.37 Å². The first kappa shape index (κ1) is 11.8. The van der Waals surface area contributed by atoms with E-state index in [-0.39, 0.29) is 0 Å².